The molecule has 0 spiro atoms. The molecule has 3 heterocycles. The van der Waals surface area contributed by atoms with Crippen molar-refractivity contribution in [3.05, 3.63) is 51.7 Å². The largest absolute Gasteiger partial charge is 0.444 e. The van der Waals surface area contributed by atoms with E-state index in [0.717, 1.165) is 28.4 Å². The number of ether oxygens (including phenoxy) is 1. The average molecular weight is 543 g/mol. The first-order valence-electron chi connectivity index (χ1n) is 12.1. The Balaban J connectivity index is 1.32. The number of nitrogens with one attached hydrogen (secondary N) is 2. The molecule has 0 atom stereocenters. The van der Waals surface area contributed by atoms with E-state index in [4.69, 9.17) is 16.3 Å². The molecular weight excluding hydrogens is 512 g/mol. The molecule has 1 aromatic carbocycles. The minimum absolute atomic E-state index is 0.0386. The van der Waals surface area contributed by atoms with Gasteiger partial charge in [0.2, 0.25) is 5.95 Å². The molecule has 0 saturated carbocycles. The zero-order chi connectivity index (χ0) is 26.7. The minimum Gasteiger partial charge on any atom is -0.444 e. The fourth-order valence-corrected chi connectivity index (χ4v) is 5.22. The van der Waals surface area contributed by atoms with Crippen LogP contribution in [-0.2, 0) is 4.74 Å². The van der Waals surface area contributed by atoms with Crippen LogP contribution in [0, 0.1) is 13.8 Å². The van der Waals surface area contributed by atoms with Crippen LogP contribution in [0.3, 0.4) is 0 Å². The standard InChI is InChI=1S/C26H31ClN6O3S/c1-15-22(37-16(2)29-15)21-20(27)14-28-24(32-21)30-19-10-12-33(13-11-19)23(34)17-6-8-18(9-7-17)31-25(35)36-26(3,4)5/h6-9,14,19H,10-13H2,1-5H3,(H,31,35)(H,28,30,32). The van der Waals surface area contributed by atoms with Crippen LogP contribution < -0.4 is 10.6 Å². The lowest BCUT2D eigenvalue weighted by Gasteiger charge is -2.32. The lowest BCUT2D eigenvalue weighted by molar-refractivity contribution is 0.0635. The summed E-state index contributed by atoms with van der Waals surface area (Å²) in [5.74, 6) is 0.478. The highest BCUT2D eigenvalue weighted by molar-refractivity contribution is 7.15. The fraction of sp³-hybridized carbons (Fsp3) is 0.423. The van der Waals surface area contributed by atoms with Gasteiger partial charge < -0.3 is 15.0 Å². The van der Waals surface area contributed by atoms with Crippen LogP contribution in [0.4, 0.5) is 16.4 Å². The predicted octanol–water partition coefficient (Wildman–Crippen LogP) is 5.93. The number of benzene rings is 1. The molecule has 0 bridgehead atoms. The molecule has 9 nitrogen and oxygen atoms in total. The molecular formula is C26H31ClN6O3S. The van der Waals surface area contributed by atoms with Crippen LogP contribution in [0.5, 0.6) is 0 Å². The van der Waals surface area contributed by atoms with E-state index < -0.39 is 11.7 Å². The van der Waals surface area contributed by atoms with Crippen molar-refractivity contribution >= 4 is 46.6 Å². The summed E-state index contributed by atoms with van der Waals surface area (Å²) in [6.07, 6.45) is 2.62. The predicted molar refractivity (Wildman–Crippen MR) is 146 cm³/mol. The molecule has 11 heteroatoms. The molecule has 3 aromatic rings. The zero-order valence-corrected chi connectivity index (χ0v) is 23.2. The van der Waals surface area contributed by atoms with Gasteiger partial charge in [-0.25, -0.2) is 19.7 Å². The Hall–Kier alpha value is -3.24. The van der Waals surface area contributed by atoms with Crippen molar-refractivity contribution in [2.75, 3.05) is 23.7 Å². The molecule has 4 rings (SSSR count). The van der Waals surface area contributed by atoms with Gasteiger partial charge in [-0.2, -0.15) is 0 Å². The van der Waals surface area contributed by atoms with E-state index in [2.05, 4.69) is 25.6 Å². The van der Waals surface area contributed by atoms with E-state index in [1.807, 2.05) is 18.7 Å². The maximum absolute atomic E-state index is 13.0. The summed E-state index contributed by atoms with van der Waals surface area (Å²) in [7, 11) is 0. The summed E-state index contributed by atoms with van der Waals surface area (Å²) < 4.78 is 5.26. The van der Waals surface area contributed by atoms with Crippen molar-refractivity contribution in [2.24, 2.45) is 0 Å². The monoisotopic (exact) mass is 542 g/mol. The number of aromatic nitrogens is 3. The molecule has 37 heavy (non-hydrogen) atoms. The Morgan fingerprint density at radius 3 is 2.38 bits per heavy atom. The topological polar surface area (TPSA) is 109 Å². The number of hydrogen-bond acceptors (Lipinski definition) is 8. The smallest absolute Gasteiger partial charge is 0.412 e. The van der Waals surface area contributed by atoms with Gasteiger partial charge in [0.1, 0.15) is 11.3 Å². The molecule has 1 fully saturated rings. The number of piperidine rings is 1. The van der Waals surface area contributed by atoms with Gasteiger partial charge >= 0.3 is 6.09 Å². The van der Waals surface area contributed by atoms with Crippen molar-refractivity contribution in [3.8, 4) is 10.6 Å². The number of carbonyl (C=O) groups is 2. The van der Waals surface area contributed by atoms with Crippen molar-refractivity contribution < 1.29 is 14.3 Å². The zero-order valence-electron chi connectivity index (χ0n) is 21.6. The Bertz CT molecular complexity index is 1280. The van der Waals surface area contributed by atoms with Gasteiger partial charge in [-0.1, -0.05) is 11.6 Å². The molecule has 2 aromatic heterocycles. The van der Waals surface area contributed by atoms with Crippen LogP contribution in [-0.4, -0.2) is 56.6 Å². The number of likely N-dealkylation sites (tertiary alicyclic amines) is 1. The van der Waals surface area contributed by atoms with Gasteiger partial charge in [-0.05, 0) is 71.7 Å². The number of thiazole rings is 1. The van der Waals surface area contributed by atoms with E-state index in [-0.39, 0.29) is 11.9 Å². The highest BCUT2D eigenvalue weighted by atomic mass is 35.5. The number of aryl methyl sites for hydroxylation is 2. The summed E-state index contributed by atoms with van der Waals surface area (Å²) in [4.78, 5) is 41.2. The number of halogens is 1. The van der Waals surface area contributed by atoms with Crippen LogP contribution in [0.2, 0.25) is 5.02 Å². The van der Waals surface area contributed by atoms with Gasteiger partial charge in [0, 0.05) is 30.4 Å². The normalized spacial score (nSPS) is 14.4. The first-order valence-corrected chi connectivity index (χ1v) is 13.3. The van der Waals surface area contributed by atoms with Crippen molar-refractivity contribution in [1.82, 2.24) is 19.9 Å². The van der Waals surface area contributed by atoms with E-state index >= 15 is 0 Å². The molecule has 1 saturated heterocycles. The Kier molecular flexibility index (Phi) is 7.99. The van der Waals surface area contributed by atoms with Crippen LogP contribution in [0.15, 0.2) is 30.5 Å². The van der Waals surface area contributed by atoms with E-state index in [1.54, 1.807) is 62.6 Å². The van der Waals surface area contributed by atoms with Crippen molar-refractivity contribution in [3.63, 3.8) is 0 Å². The summed E-state index contributed by atoms with van der Waals surface area (Å²) in [6.45, 7) is 10.5. The second-order valence-corrected chi connectivity index (χ2v) is 11.6. The van der Waals surface area contributed by atoms with Crippen molar-refractivity contribution in [1.29, 1.82) is 0 Å². The minimum atomic E-state index is -0.581. The van der Waals surface area contributed by atoms with Gasteiger partial charge in [0.05, 0.1) is 26.8 Å². The SMILES string of the molecule is Cc1nc(C)c(-c2nc(NC3CCN(C(=O)c4ccc(NC(=O)OC(C)(C)C)cc4)CC3)ncc2Cl)s1. The lowest BCUT2D eigenvalue weighted by atomic mass is 10.0. The quantitative estimate of drug-likeness (QED) is 0.411. The van der Waals surface area contributed by atoms with Gasteiger partial charge in [-0.15, -0.1) is 11.3 Å². The first kappa shape index (κ1) is 26.8. The molecule has 196 valence electrons. The van der Waals surface area contributed by atoms with Crippen molar-refractivity contribution in [2.45, 2.75) is 59.1 Å². The molecule has 0 radical (unpaired) electrons. The number of rotatable bonds is 5. The number of nitrogens with zero attached hydrogens (tertiary/aromatic N) is 4. The highest BCUT2D eigenvalue weighted by Crippen LogP contribution is 2.33. The fourth-order valence-electron chi connectivity index (χ4n) is 4.06. The molecule has 2 N–H and O–H groups in total. The van der Waals surface area contributed by atoms with E-state index in [9.17, 15) is 9.59 Å². The van der Waals surface area contributed by atoms with Gasteiger partial charge in [-0.3, -0.25) is 10.1 Å². The second kappa shape index (κ2) is 11.0. The Morgan fingerprint density at radius 2 is 1.78 bits per heavy atom. The summed E-state index contributed by atoms with van der Waals surface area (Å²) in [5.41, 5.74) is 2.14. The number of anilines is 2. The maximum atomic E-state index is 13.0. The Labute approximate surface area is 225 Å². The maximum Gasteiger partial charge on any atom is 0.412 e. The molecule has 0 aliphatic carbocycles. The third-order valence-corrected chi connectivity index (χ3v) is 7.11. The van der Waals surface area contributed by atoms with Crippen LogP contribution in [0.1, 0.15) is 54.7 Å². The molecule has 1 aliphatic heterocycles. The third kappa shape index (κ3) is 6.95. The molecule has 0 unspecified atom stereocenters. The number of amides is 2. The molecule has 2 amide bonds. The van der Waals surface area contributed by atoms with Crippen LogP contribution in [0.25, 0.3) is 10.6 Å². The van der Waals surface area contributed by atoms with Gasteiger partial charge in [0.25, 0.3) is 5.91 Å². The van der Waals surface area contributed by atoms with E-state index in [0.29, 0.717) is 41.0 Å². The summed E-state index contributed by atoms with van der Waals surface area (Å²) in [6, 6.07) is 6.97. The third-order valence-electron chi connectivity index (χ3n) is 5.76. The van der Waals surface area contributed by atoms with Crippen LogP contribution >= 0.6 is 22.9 Å². The van der Waals surface area contributed by atoms with E-state index in [1.165, 1.54) is 0 Å². The molecule has 1 aliphatic rings. The average Bonchev–Trinajstić information content (AvgIpc) is 3.17. The highest BCUT2D eigenvalue weighted by Gasteiger charge is 2.25. The van der Waals surface area contributed by atoms with Gasteiger partial charge in [0.15, 0.2) is 0 Å². The first-order chi connectivity index (χ1) is 17.5. The Morgan fingerprint density at radius 1 is 1.11 bits per heavy atom. The lowest BCUT2D eigenvalue weighted by Crippen LogP contribution is -2.42. The summed E-state index contributed by atoms with van der Waals surface area (Å²) in [5, 5.41) is 7.53. The number of carbonyl (C=O) groups excluding carboxylic acids is 2. The second-order valence-electron chi connectivity index (χ2n) is 9.95. The summed E-state index contributed by atoms with van der Waals surface area (Å²) >= 11 is 7.94. The number of hydrogen-bond donors (Lipinski definition) is 2.